The Bertz CT molecular complexity index is 654. The highest BCUT2D eigenvalue weighted by molar-refractivity contribution is 6.14. The molecule has 0 bridgehead atoms. The van der Waals surface area contributed by atoms with Crippen LogP contribution in [0.25, 0.3) is 0 Å². The fourth-order valence-corrected chi connectivity index (χ4v) is 2.71. The fourth-order valence-electron chi connectivity index (χ4n) is 2.71. The van der Waals surface area contributed by atoms with Crippen LogP contribution in [0.5, 0.6) is 0 Å². The van der Waals surface area contributed by atoms with Gasteiger partial charge in [-0.05, 0) is 17.7 Å². The van der Waals surface area contributed by atoms with E-state index in [-0.39, 0.29) is 11.9 Å². The number of benzene rings is 2. The normalized spacial score (nSPS) is 20.8. The molecular formula is C17H15NO3. The first-order valence-electron chi connectivity index (χ1n) is 6.75. The number of ether oxygens (including phenoxy) is 1. The van der Waals surface area contributed by atoms with Crippen LogP contribution in [0.15, 0.2) is 60.7 Å². The van der Waals surface area contributed by atoms with E-state index in [1.807, 2.05) is 60.7 Å². The molecular weight excluding hydrogens is 266 g/mol. The Morgan fingerprint density at radius 1 is 1.00 bits per heavy atom. The van der Waals surface area contributed by atoms with Crippen LogP contribution in [0.4, 0.5) is 5.69 Å². The van der Waals surface area contributed by atoms with Crippen LogP contribution in [0, 0.1) is 5.92 Å². The van der Waals surface area contributed by atoms with Crippen molar-refractivity contribution in [1.29, 1.82) is 0 Å². The zero-order chi connectivity index (χ0) is 14.8. The summed E-state index contributed by atoms with van der Waals surface area (Å²) in [5.74, 6) is -1.47. The largest absolute Gasteiger partial charge is 0.468 e. The van der Waals surface area contributed by atoms with Crippen LogP contribution < -0.4 is 4.90 Å². The lowest BCUT2D eigenvalue weighted by Crippen LogP contribution is -2.58. The lowest BCUT2D eigenvalue weighted by Gasteiger charge is -2.45. The molecule has 1 amide bonds. The van der Waals surface area contributed by atoms with Gasteiger partial charge in [0, 0.05) is 5.69 Å². The molecule has 21 heavy (non-hydrogen) atoms. The fraction of sp³-hybridized carbons (Fsp3) is 0.176. The van der Waals surface area contributed by atoms with E-state index in [0.29, 0.717) is 0 Å². The van der Waals surface area contributed by atoms with E-state index in [0.717, 1.165) is 11.3 Å². The van der Waals surface area contributed by atoms with Gasteiger partial charge < -0.3 is 9.64 Å². The number of carbonyl (C=O) groups is 2. The van der Waals surface area contributed by atoms with Crippen LogP contribution in [-0.4, -0.2) is 19.0 Å². The summed E-state index contributed by atoms with van der Waals surface area (Å²) in [5, 5.41) is 0. The summed E-state index contributed by atoms with van der Waals surface area (Å²) in [7, 11) is 1.31. The number of nitrogens with zero attached hydrogens (tertiary/aromatic N) is 1. The maximum Gasteiger partial charge on any atom is 0.320 e. The number of para-hydroxylation sites is 1. The predicted octanol–water partition coefficient (Wildman–Crippen LogP) is 2.56. The van der Waals surface area contributed by atoms with Crippen molar-refractivity contribution in [3.05, 3.63) is 66.2 Å². The Labute approximate surface area is 123 Å². The zero-order valence-corrected chi connectivity index (χ0v) is 11.6. The quantitative estimate of drug-likeness (QED) is 0.493. The van der Waals surface area contributed by atoms with Gasteiger partial charge in [0.15, 0.2) is 5.92 Å². The molecule has 2 atom stereocenters. The number of carbonyl (C=O) groups excluding carboxylic acids is 2. The summed E-state index contributed by atoms with van der Waals surface area (Å²) in [6, 6.07) is 18.6. The van der Waals surface area contributed by atoms with Crippen molar-refractivity contribution in [2.75, 3.05) is 12.0 Å². The van der Waals surface area contributed by atoms with Crippen molar-refractivity contribution >= 4 is 17.6 Å². The van der Waals surface area contributed by atoms with Gasteiger partial charge in [0.05, 0.1) is 13.2 Å². The molecule has 0 aliphatic carbocycles. The van der Waals surface area contributed by atoms with E-state index >= 15 is 0 Å². The smallest absolute Gasteiger partial charge is 0.320 e. The molecule has 4 nitrogen and oxygen atoms in total. The van der Waals surface area contributed by atoms with Crippen LogP contribution in [0.3, 0.4) is 0 Å². The van der Waals surface area contributed by atoms with Gasteiger partial charge in [-0.3, -0.25) is 9.59 Å². The topological polar surface area (TPSA) is 46.6 Å². The highest BCUT2D eigenvalue weighted by Crippen LogP contribution is 2.43. The highest BCUT2D eigenvalue weighted by Gasteiger charge is 2.53. The van der Waals surface area contributed by atoms with Crippen LogP contribution in [0.1, 0.15) is 11.6 Å². The Morgan fingerprint density at radius 3 is 2.14 bits per heavy atom. The average molecular weight is 281 g/mol. The van der Waals surface area contributed by atoms with Crippen molar-refractivity contribution in [1.82, 2.24) is 0 Å². The van der Waals surface area contributed by atoms with E-state index in [9.17, 15) is 9.59 Å². The predicted molar refractivity (Wildman–Crippen MR) is 78.6 cm³/mol. The second-order valence-electron chi connectivity index (χ2n) is 4.90. The molecule has 106 valence electrons. The number of amides is 1. The molecule has 0 unspecified atom stereocenters. The summed E-state index contributed by atoms with van der Waals surface area (Å²) in [6.07, 6.45) is 0. The number of hydrogen-bond donors (Lipinski definition) is 0. The maximum absolute atomic E-state index is 12.4. The molecule has 1 saturated heterocycles. The van der Waals surface area contributed by atoms with Crippen molar-refractivity contribution in [3.63, 3.8) is 0 Å². The molecule has 0 spiro atoms. The minimum Gasteiger partial charge on any atom is -0.468 e. The van der Waals surface area contributed by atoms with Crippen molar-refractivity contribution in [2.45, 2.75) is 6.04 Å². The van der Waals surface area contributed by atoms with Crippen molar-refractivity contribution in [3.8, 4) is 0 Å². The van der Waals surface area contributed by atoms with E-state index in [1.54, 1.807) is 4.90 Å². The number of β-lactam (4-membered cyclic amide) rings is 1. The number of esters is 1. The Balaban J connectivity index is 2.00. The van der Waals surface area contributed by atoms with E-state index in [2.05, 4.69) is 0 Å². The standard InChI is InChI=1S/C17H15NO3/c1-21-17(20)14-15(12-8-4-2-5-9-12)18(16(14)19)13-10-6-3-7-11-13/h2-11,14-15H,1H3/t14-,15-/m1/s1. The Kier molecular flexibility index (Phi) is 3.44. The van der Waals surface area contributed by atoms with Gasteiger partial charge in [0.2, 0.25) is 5.91 Å². The zero-order valence-electron chi connectivity index (χ0n) is 11.6. The summed E-state index contributed by atoms with van der Waals surface area (Å²) in [6.45, 7) is 0. The van der Waals surface area contributed by atoms with Gasteiger partial charge in [-0.15, -0.1) is 0 Å². The first-order valence-corrected chi connectivity index (χ1v) is 6.75. The Hall–Kier alpha value is -2.62. The van der Waals surface area contributed by atoms with E-state index in [1.165, 1.54) is 7.11 Å². The van der Waals surface area contributed by atoms with Crippen molar-refractivity contribution < 1.29 is 14.3 Å². The molecule has 1 aliphatic heterocycles. The SMILES string of the molecule is COC(=O)[C@H]1C(=O)N(c2ccccc2)[C@@H]1c1ccccc1. The number of anilines is 1. The monoisotopic (exact) mass is 281 g/mol. The molecule has 0 saturated carbocycles. The molecule has 2 aromatic rings. The molecule has 0 N–H and O–H groups in total. The average Bonchev–Trinajstić information content (AvgIpc) is 2.54. The molecule has 0 aromatic heterocycles. The molecule has 2 aromatic carbocycles. The van der Waals surface area contributed by atoms with Gasteiger partial charge in [-0.2, -0.15) is 0 Å². The molecule has 3 rings (SSSR count). The van der Waals surface area contributed by atoms with Gasteiger partial charge in [-0.25, -0.2) is 0 Å². The minimum absolute atomic E-state index is 0.220. The number of hydrogen-bond acceptors (Lipinski definition) is 3. The summed E-state index contributed by atoms with van der Waals surface area (Å²) in [4.78, 5) is 25.9. The first kappa shape index (κ1) is 13.4. The van der Waals surface area contributed by atoms with Crippen LogP contribution in [-0.2, 0) is 14.3 Å². The first-order chi connectivity index (χ1) is 10.2. The van der Waals surface area contributed by atoms with Gasteiger partial charge in [-0.1, -0.05) is 48.5 Å². The minimum atomic E-state index is -0.766. The third-order valence-electron chi connectivity index (χ3n) is 3.73. The number of rotatable bonds is 3. The number of methoxy groups -OCH3 is 1. The molecule has 4 heteroatoms. The molecule has 1 aliphatic rings. The van der Waals surface area contributed by atoms with Gasteiger partial charge >= 0.3 is 5.97 Å². The molecule has 0 radical (unpaired) electrons. The van der Waals surface area contributed by atoms with Gasteiger partial charge in [0.1, 0.15) is 0 Å². The highest BCUT2D eigenvalue weighted by atomic mass is 16.5. The maximum atomic E-state index is 12.4. The van der Waals surface area contributed by atoms with Crippen LogP contribution in [0.2, 0.25) is 0 Å². The molecule has 1 heterocycles. The molecule has 1 fully saturated rings. The summed E-state index contributed by atoms with van der Waals surface area (Å²) < 4.78 is 4.77. The summed E-state index contributed by atoms with van der Waals surface area (Å²) in [5.41, 5.74) is 1.72. The van der Waals surface area contributed by atoms with E-state index < -0.39 is 11.9 Å². The second-order valence-corrected chi connectivity index (χ2v) is 4.90. The van der Waals surface area contributed by atoms with Crippen molar-refractivity contribution in [2.24, 2.45) is 5.92 Å². The van der Waals surface area contributed by atoms with Gasteiger partial charge in [0.25, 0.3) is 0 Å². The third-order valence-corrected chi connectivity index (χ3v) is 3.73. The third kappa shape index (κ3) is 2.18. The lowest BCUT2D eigenvalue weighted by atomic mass is 9.82. The second kappa shape index (κ2) is 5.40. The van der Waals surface area contributed by atoms with Crippen LogP contribution >= 0.6 is 0 Å². The Morgan fingerprint density at radius 2 is 1.57 bits per heavy atom. The lowest BCUT2D eigenvalue weighted by molar-refractivity contribution is -0.155. The van der Waals surface area contributed by atoms with E-state index in [4.69, 9.17) is 4.74 Å². The summed E-state index contributed by atoms with van der Waals surface area (Å²) >= 11 is 0.